The van der Waals surface area contributed by atoms with Gasteiger partial charge in [0.25, 0.3) is 0 Å². The zero-order valence-corrected chi connectivity index (χ0v) is 11.8. The number of nitrogens with one attached hydrogen (secondary N) is 1. The molecule has 0 aliphatic carbocycles. The molecule has 1 fully saturated rings. The van der Waals surface area contributed by atoms with Crippen LogP contribution in [0.3, 0.4) is 0 Å². The van der Waals surface area contributed by atoms with E-state index in [9.17, 15) is 14.9 Å². The van der Waals surface area contributed by atoms with Crippen LogP contribution in [0.4, 0.5) is 17.5 Å². The third-order valence-electron chi connectivity index (χ3n) is 3.72. The molecule has 2 heterocycles. The quantitative estimate of drug-likeness (QED) is 0.388. The van der Waals surface area contributed by atoms with Crippen LogP contribution < -0.4 is 21.9 Å². The van der Waals surface area contributed by atoms with E-state index in [0.29, 0.717) is 13.0 Å². The number of nitrogens with two attached hydrogens (primary N) is 2. The number of hydrazine groups is 1. The third kappa shape index (κ3) is 2.57. The molecule has 10 nitrogen and oxygen atoms in total. The number of anilines is 2. The van der Waals surface area contributed by atoms with Crippen LogP contribution in [0.5, 0.6) is 0 Å². The maximum absolute atomic E-state index is 11.5. The SMILES string of the molecule is Cc1nc(NN)nc(N2CCC(C)(C(N)=O)C2)c1[N+](=O)[O-]. The van der Waals surface area contributed by atoms with Gasteiger partial charge in [-0.1, -0.05) is 0 Å². The smallest absolute Gasteiger partial charge is 0.332 e. The lowest BCUT2D eigenvalue weighted by atomic mass is 9.89. The fourth-order valence-corrected chi connectivity index (χ4v) is 2.39. The second-order valence-electron chi connectivity index (χ2n) is 5.30. The third-order valence-corrected chi connectivity index (χ3v) is 3.72. The van der Waals surface area contributed by atoms with Gasteiger partial charge in [0.05, 0.1) is 10.3 Å². The highest BCUT2D eigenvalue weighted by molar-refractivity contribution is 5.82. The Morgan fingerprint density at radius 2 is 2.19 bits per heavy atom. The van der Waals surface area contributed by atoms with E-state index in [2.05, 4.69) is 15.4 Å². The lowest BCUT2D eigenvalue weighted by Crippen LogP contribution is -2.37. The molecule has 0 aromatic carbocycles. The van der Waals surface area contributed by atoms with Crippen molar-refractivity contribution in [3.8, 4) is 0 Å². The number of hydrogen-bond donors (Lipinski definition) is 3. The van der Waals surface area contributed by atoms with Gasteiger partial charge in [0, 0.05) is 13.1 Å². The Labute approximate surface area is 120 Å². The van der Waals surface area contributed by atoms with Crippen molar-refractivity contribution < 1.29 is 9.72 Å². The molecule has 1 atom stereocenters. The Morgan fingerprint density at radius 3 is 2.67 bits per heavy atom. The van der Waals surface area contributed by atoms with E-state index in [1.165, 1.54) is 6.92 Å². The molecule has 2 rings (SSSR count). The second-order valence-corrected chi connectivity index (χ2v) is 5.30. The fourth-order valence-electron chi connectivity index (χ4n) is 2.39. The number of primary amides is 1. The number of rotatable bonds is 4. The number of hydrogen-bond acceptors (Lipinski definition) is 8. The summed E-state index contributed by atoms with van der Waals surface area (Å²) in [7, 11) is 0. The van der Waals surface area contributed by atoms with Crippen molar-refractivity contribution in [2.45, 2.75) is 20.3 Å². The van der Waals surface area contributed by atoms with Crippen LogP contribution in [0.2, 0.25) is 0 Å². The van der Waals surface area contributed by atoms with Gasteiger partial charge < -0.3 is 10.6 Å². The van der Waals surface area contributed by atoms with Crippen molar-refractivity contribution in [2.24, 2.45) is 17.0 Å². The average Bonchev–Trinajstić information content (AvgIpc) is 2.81. The van der Waals surface area contributed by atoms with E-state index < -0.39 is 16.2 Å². The van der Waals surface area contributed by atoms with E-state index >= 15 is 0 Å². The molecule has 0 bridgehead atoms. The molecule has 1 aliphatic rings. The summed E-state index contributed by atoms with van der Waals surface area (Å²) >= 11 is 0. The minimum atomic E-state index is -0.733. The predicted octanol–water partition coefficient (Wildman–Crippen LogP) is -0.319. The monoisotopic (exact) mass is 295 g/mol. The molecule has 1 unspecified atom stereocenters. The van der Waals surface area contributed by atoms with Crippen molar-refractivity contribution in [1.29, 1.82) is 0 Å². The van der Waals surface area contributed by atoms with Crippen LogP contribution in [-0.4, -0.2) is 33.9 Å². The average molecular weight is 295 g/mol. The van der Waals surface area contributed by atoms with E-state index in [1.54, 1.807) is 11.8 Å². The summed E-state index contributed by atoms with van der Waals surface area (Å²) < 4.78 is 0. The number of amides is 1. The van der Waals surface area contributed by atoms with Gasteiger partial charge in [-0.2, -0.15) is 4.98 Å². The predicted molar refractivity (Wildman–Crippen MR) is 75.4 cm³/mol. The first kappa shape index (κ1) is 14.9. The zero-order valence-electron chi connectivity index (χ0n) is 11.8. The summed E-state index contributed by atoms with van der Waals surface area (Å²) in [5.41, 5.74) is 6.94. The fraction of sp³-hybridized carbons (Fsp3) is 0.545. The Hall–Kier alpha value is -2.49. The minimum Gasteiger partial charge on any atom is -0.369 e. The van der Waals surface area contributed by atoms with Crippen molar-refractivity contribution in [3.63, 3.8) is 0 Å². The summed E-state index contributed by atoms with van der Waals surface area (Å²) in [6, 6.07) is 0. The molecule has 1 aromatic rings. The van der Waals surface area contributed by atoms with E-state index in [0.717, 1.165) is 0 Å². The Morgan fingerprint density at radius 1 is 1.52 bits per heavy atom. The lowest BCUT2D eigenvalue weighted by Gasteiger charge is -2.22. The van der Waals surface area contributed by atoms with Gasteiger partial charge in [-0.05, 0) is 20.3 Å². The number of carbonyl (C=O) groups is 1. The number of nitro groups is 1. The van der Waals surface area contributed by atoms with E-state index in [4.69, 9.17) is 11.6 Å². The highest BCUT2D eigenvalue weighted by Crippen LogP contribution is 2.37. The van der Waals surface area contributed by atoms with Gasteiger partial charge in [0.1, 0.15) is 5.69 Å². The van der Waals surface area contributed by atoms with Crippen molar-refractivity contribution in [1.82, 2.24) is 9.97 Å². The topological polar surface area (TPSA) is 153 Å². The summed E-state index contributed by atoms with van der Waals surface area (Å²) in [5.74, 6) is 5.07. The highest BCUT2D eigenvalue weighted by atomic mass is 16.6. The van der Waals surface area contributed by atoms with Crippen molar-refractivity contribution >= 4 is 23.4 Å². The molecule has 0 spiro atoms. The van der Waals surface area contributed by atoms with Crippen LogP contribution >= 0.6 is 0 Å². The number of aromatic nitrogens is 2. The first-order chi connectivity index (χ1) is 9.78. The maximum Gasteiger partial charge on any atom is 0.332 e. The van der Waals surface area contributed by atoms with Gasteiger partial charge in [0.15, 0.2) is 0 Å². The summed E-state index contributed by atoms with van der Waals surface area (Å²) in [6.07, 6.45) is 0.508. The number of aryl methyl sites for hydroxylation is 1. The summed E-state index contributed by atoms with van der Waals surface area (Å²) in [5, 5.41) is 11.2. The maximum atomic E-state index is 11.5. The van der Waals surface area contributed by atoms with Gasteiger partial charge in [-0.25, -0.2) is 10.8 Å². The van der Waals surface area contributed by atoms with E-state index in [-0.39, 0.29) is 29.7 Å². The Bertz CT molecular complexity index is 606. The van der Waals surface area contributed by atoms with Crippen LogP contribution in [0, 0.1) is 22.5 Å². The van der Waals surface area contributed by atoms with E-state index in [1.807, 2.05) is 0 Å². The normalized spacial score (nSPS) is 21.4. The molecule has 1 aromatic heterocycles. The van der Waals surface area contributed by atoms with Crippen LogP contribution in [0.15, 0.2) is 0 Å². The van der Waals surface area contributed by atoms with Gasteiger partial charge in [0.2, 0.25) is 17.7 Å². The molecule has 10 heteroatoms. The van der Waals surface area contributed by atoms with Crippen LogP contribution in [0.25, 0.3) is 0 Å². The summed E-state index contributed by atoms with van der Waals surface area (Å²) in [6.45, 7) is 3.95. The molecule has 1 amide bonds. The number of carbonyl (C=O) groups excluding carboxylic acids is 1. The molecular formula is C11H17N7O3. The molecule has 5 N–H and O–H groups in total. The molecule has 0 saturated carbocycles. The molecule has 1 saturated heterocycles. The van der Waals surface area contributed by atoms with Crippen LogP contribution in [-0.2, 0) is 4.79 Å². The molecule has 0 radical (unpaired) electrons. The standard InChI is InChI=1S/C11H17N7O3/c1-6-7(18(20)21)8(15-10(14-6)16-13)17-4-3-11(2,5-17)9(12)19/h3-5,13H2,1-2H3,(H2,12,19)(H,14,15,16). The Kier molecular flexibility index (Phi) is 3.64. The first-order valence-electron chi connectivity index (χ1n) is 6.33. The second kappa shape index (κ2) is 5.13. The minimum absolute atomic E-state index is 0.0841. The number of nitrogen functional groups attached to an aromatic ring is 1. The molecule has 1 aliphatic heterocycles. The zero-order chi connectivity index (χ0) is 15.8. The summed E-state index contributed by atoms with van der Waals surface area (Å²) in [4.78, 5) is 31.9. The van der Waals surface area contributed by atoms with Gasteiger partial charge >= 0.3 is 5.69 Å². The number of nitrogens with zero attached hydrogens (tertiary/aromatic N) is 4. The van der Waals surface area contributed by atoms with Crippen molar-refractivity contribution in [3.05, 3.63) is 15.8 Å². The van der Waals surface area contributed by atoms with Crippen molar-refractivity contribution in [2.75, 3.05) is 23.4 Å². The highest BCUT2D eigenvalue weighted by Gasteiger charge is 2.41. The Balaban J connectivity index is 2.46. The van der Waals surface area contributed by atoms with Gasteiger partial charge in [-0.3, -0.25) is 20.3 Å². The van der Waals surface area contributed by atoms with Crippen LogP contribution in [0.1, 0.15) is 19.0 Å². The van der Waals surface area contributed by atoms with Gasteiger partial charge in [-0.15, -0.1) is 0 Å². The molecule has 21 heavy (non-hydrogen) atoms. The molecular weight excluding hydrogens is 278 g/mol. The lowest BCUT2D eigenvalue weighted by molar-refractivity contribution is -0.385. The largest absolute Gasteiger partial charge is 0.369 e. The first-order valence-corrected chi connectivity index (χ1v) is 6.33. The molecule has 114 valence electrons.